The fourth-order valence-electron chi connectivity index (χ4n) is 0.277. The summed E-state index contributed by atoms with van der Waals surface area (Å²) in [5.41, 5.74) is 0. The summed E-state index contributed by atoms with van der Waals surface area (Å²) in [4.78, 5) is 3.66. The average molecular weight is 120 g/mol. The second-order valence-electron chi connectivity index (χ2n) is 0.959. The predicted molar refractivity (Wildman–Crippen MR) is 31.6 cm³/mol. The summed E-state index contributed by atoms with van der Waals surface area (Å²) in [5, 5.41) is 0. The van der Waals surface area contributed by atoms with Gasteiger partial charge in [0, 0.05) is 6.20 Å². The quantitative estimate of drug-likeness (QED) is 0.438. The molecule has 0 aliphatic carbocycles. The van der Waals surface area contributed by atoms with Gasteiger partial charge in [-0.1, -0.05) is 6.07 Å². The Morgan fingerprint density at radius 3 is 2.29 bits per heavy atom. The van der Waals surface area contributed by atoms with Crippen molar-refractivity contribution in [2.45, 2.75) is 0 Å². The third-order valence-corrected chi connectivity index (χ3v) is 0.517. The van der Waals surface area contributed by atoms with E-state index in [2.05, 4.69) is 11.2 Å². The fraction of sp³-hybridized carbons (Fsp3) is 0. The second kappa shape index (κ2) is 4.57. The molecule has 33 valence electrons. The molecule has 1 radical (unpaired) electrons. The van der Waals surface area contributed by atoms with Crippen LogP contribution in [0.15, 0.2) is 24.4 Å². The van der Waals surface area contributed by atoms with E-state index in [1.54, 1.807) is 12.3 Å². The first kappa shape index (κ1) is 7.41. The van der Waals surface area contributed by atoms with Gasteiger partial charge in [0.15, 0.2) is 0 Å². The predicted octanol–water partition coefficient (Wildman–Crippen LogP) is -0.0344. The van der Waals surface area contributed by atoms with E-state index in [-0.39, 0.29) is 37.7 Å². The molecular formula is C5H6CaN. The van der Waals surface area contributed by atoms with Crippen LogP contribution in [-0.2, 0) is 0 Å². The van der Waals surface area contributed by atoms with E-state index in [1.807, 2.05) is 12.1 Å². The molecule has 1 heterocycles. The Kier molecular flexibility index (Phi) is 4.83. The van der Waals surface area contributed by atoms with Crippen LogP contribution in [0.1, 0.15) is 0 Å². The molecule has 0 amide bonds. The van der Waals surface area contributed by atoms with Crippen LogP contribution in [0.2, 0.25) is 0 Å². The first-order valence-electron chi connectivity index (χ1n) is 1.77. The summed E-state index contributed by atoms with van der Waals surface area (Å²) in [7, 11) is 0. The molecule has 0 N–H and O–H groups in total. The van der Waals surface area contributed by atoms with Gasteiger partial charge in [-0.3, -0.25) is 4.98 Å². The average Bonchev–Trinajstić information content (AvgIpc) is 1.72. The Morgan fingerprint density at radius 2 is 2.14 bits per heavy atom. The maximum atomic E-state index is 3.66. The molecular weight excluding hydrogens is 114 g/mol. The maximum absolute atomic E-state index is 3.66. The molecule has 1 aromatic rings. The Bertz CT molecular complexity index is 80.0. The van der Waals surface area contributed by atoms with E-state index in [9.17, 15) is 0 Å². The van der Waals surface area contributed by atoms with Crippen molar-refractivity contribution in [2.75, 3.05) is 0 Å². The minimum absolute atomic E-state index is 0. The van der Waals surface area contributed by atoms with Gasteiger partial charge >= 0.3 is 37.7 Å². The molecule has 1 rings (SSSR count). The van der Waals surface area contributed by atoms with Crippen LogP contribution in [0.3, 0.4) is 0 Å². The van der Waals surface area contributed by atoms with Gasteiger partial charge in [0.05, 0.1) is 6.20 Å². The van der Waals surface area contributed by atoms with E-state index < -0.39 is 0 Å². The summed E-state index contributed by atoms with van der Waals surface area (Å²) in [6, 6.07) is 5.50. The molecule has 0 saturated carbocycles. The molecule has 1 nitrogen and oxygen atoms in total. The fourth-order valence-corrected chi connectivity index (χ4v) is 0.277. The molecule has 1 aromatic heterocycles. The zero-order valence-electron chi connectivity index (χ0n) is 3.26. The van der Waals surface area contributed by atoms with E-state index in [4.69, 9.17) is 0 Å². The first-order valence-corrected chi connectivity index (χ1v) is 1.77. The number of hydrogen-bond donors (Lipinski definition) is 0. The van der Waals surface area contributed by atoms with Crippen LogP contribution in [0.25, 0.3) is 0 Å². The summed E-state index contributed by atoms with van der Waals surface area (Å²) >= 11 is 0. The van der Waals surface area contributed by atoms with Crippen LogP contribution in [0.4, 0.5) is 0 Å². The number of pyridine rings is 1. The van der Waals surface area contributed by atoms with Crippen molar-refractivity contribution in [3.05, 3.63) is 30.6 Å². The van der Waals surface area contributed by atoms with Gasteiger partial charge in [-0.05, 0) is 12.1 Å². The van der Waals surface area contributed by atoms with Gasteiger partial charge in [-0.15, -0.1) is 0 Å². The molecule has 0 fully saturated rings. The van der Waals surface area contributed by atoms with Gasteiger partial charge in [-0.25, -0.2) is 0 Å². The molecule has 2 heteroatoms. The van der Waals surface area contributed by atoms with Crippen molar-refractivity contribution in [1.29, 1.82) is 0 Å². The van der Waals surface area contributed by atoms with E-state index in [0.29, 0.717) is 0 Å². The largest absolute Gasteiger partial charge is 0.255 e. The SMILES string of the molecule is [CaH2].[c]1ccccn1. The van der Waals surface area contributed by atoms with Crippen molar-refractivity contribution in [1.82, 2.24) is 4.98 Å². The van der Waals surface area contributed by atoms with Gasteiger partial charge in [0.2, 0.25) is 0 Å². The maximum Gasteiger partial charge on any atom is 0.0886 e. The summed E-state index contributed by atoms with van der Waals surface area (Å²) in [5.74, 6) is 0. The summed E-state index contributed by atoms with van der Waals surface area (Å²) in [6.07, 6.45) is 4.34. The molecule has 0 spiro atoms. The van der Waals surface area contributed by atoms with E-state index in [0.717, 1.165) is 0 Å². The Balaban J connectivity index is 0.000000360. The minimum atomic E-state index is 0. The van der Waals surface area contributed by atoms with Gasteiger partial charge in [0.1, 0.15) is 0 Å². The molecule has 0 bridgehead atoms. The van der Waals surface area contributed by atoms with Crippen LogP contribution in [-0.4, -0.2) is 42.7 Å². The van der Waals surface area contributed by atoms with Gasteiger partial charge in [0.25, 0.3) is 0 Å². The third-order valence-electron chi connectivity index (χ3n) is 0.517. The number of rotatable bonds is 0. The van der Waals surface area contributed by atoms with Gasteiger partial charge < -0.3 is 0 Å². The molecule has 7 heavy (non-hydrogen) atoms. The zero-order chi connectivity index (χ0) is 4.24. The molecule has 0 aliphatic rings. The molecule has 0 atom stereocenters. The molecule has 0 unspecified atom stereocenters. The van der Waals surface area contributed by atoms with Crippen molar-refractivity contribution in [2.24, 2.45) is 0 Å². The standard InChI is InChI=1S/C5H4N.Ca.2H/c1-2-4-6-5-3-1;;;/h1-4H;;;. The Labute approximate surface area is 72.8 Å². The van der Waals surface area contributed by atoms with Crippen molar-refractivity contribution in [3.63, 3.8) is 0 Å². The molecule has 0 aliphatic heterocycles. The Hall–Kier alpha value is 0.410. The van der Waals surface area contributed by atoms with Crippen LogP contribution >= 0.6 is 0 Å². The smallest absolute Gasteiger partial charge is 0.0886 e. The second-order valence-corrected chi connectivity index (χ2v) is 0.959. The Morgan fingerprint density at radius 1 is 1.29 bits per heavy atom. The number of aromatic nitrogens is 1. The zero-order valence-corrected chi connectivity index (χ0v) is 3.26. The summed E-state index contributed by atoms with van der Waals surface area (Å²) in [6.45, 7) is 0. The minimum Gasteiger partial charge on any atom is -0.255 e. The van der Waals surface area contributed by atoms with Crippen molar-refractivity contribution in [3.8, 4) is 0 Å². The van der Waals surface area contributed by atoms with Crippen molar-refractivity contribution < 1.29 is 0 Å². The third kappa shape index (κ3) is 3.03. The normalized spacial score (nSPS) is 6.86. The van der Waals surface area contributed by atoms with E-state index in [1.165, 1.54) is 0 Å². The van der Waals surface area contributed by atoms with Crippen LogP contribution < -0.4 is 0 Å². The molecule has 0 saturated heterocycles. The number of nitrogens with zero attached hydrogens (tertiary/aromatic N) is 1. The van der Waals surface area contributed by atoms with Gasteiger partial charge in [-0.2, -0.15) is 0 Å². The summed E-state index contributed by atoms with van der Waals surface area (Å²) < 4.78 is 0. The van der Waals surface area contributed by atoms with E-state index >= 15 is 0 Å². The van der Waals surface area contributed by atoms with Crippen molar-refractivity contribution >= 4 is 37.7 Å². The van der Waals surface area contributed by atoms with Crippen LogP contribution in [0, 0.1) is 6.20 Å². The number of hydrogen-bond acceptors (Lipinski definition) is 1. The van der Waals surface area contributed by atoms with Crippen LogP contribution in [0.5, 0.6) is 0 Å². The topological polar surface area (TPSA) is 12.9 Å². The molecule has 0 aromatic carbocycles. The first-order chi connectivity index (χ1) is 3.00. The monoisotopic (exact) mass is 120 g/mol.